The Morgan fingerprint density at radius 2 is 1.94 bits per heavy atom. The summed E-state index contributed by atoms with van der Waals surface area (Å²) < 4.78 is 0. The Bertz CT molecular complexity index is 427. The average molecular weight is 245 g/mol. The lowest BCUT2D eigenvalue weighted by atomic mass is 9.98. The van der Waals surface area contributed by atoms with Gasteiger partial charge in [0.15, 0.2) is 5.78 Å². The lowest BCUT2D eigenvalue weighted by molar-refractivity contribution is -0.140. The van der Waals surface area contributed by atoms with Gasteiger partial charge >= 0.3 is 0 Å². The molecule has 1 aliphatic rings. The quantitative estimate of drug-likeness (QED) is 0.818. The van der Waals surface area contributed by atoms with E-state index in [1.54, 1.807) is 11.8 Å². The SMILES string of the molecule is CC(=O)[C@@H]1CCCCN1C(=O)Cc1ccccc1. The third kappa shape index (κ3) is 2.97. The number of Topliss-reactive ketones (excluding diaryl/α,β-unsaturated/α-hetero) is 1. The highest BCUT2D eigenvalue weighted by atomic mass is 16.2. The molecule has 0 saturated carbocycles. The number of amides is 1. The molecule has 3 nitrogen and oxygen atoms in total. The summed E-state index contributed by atoms with van der Waals surface area (Å²) in [4.78, 5) is 25.6. The van der Waals surface area contributed by atoms with Gasteiger partial charge in [-0.15, -0.1) is 0 Å². The van der Waals surface area contributed by atoms with E-state index in [0.717, 1.165) is 31.4 Å². The van der Waals surface area contributed by atoms with Crippen molar-refractivity contribution in [1.82, 2.24) is 4.90 Å². The maximum Gasteiger partial charge on any atom is 0.227 e. The third-order valence-electron chi connectivity index (χ3n) is 3.49. The fraction of sp³-hybridized carbons (Fsp3) is 0.467. The summed E-state index contributed by atoms with van der Waals surface area (Å²) in [7, 11) is 0. The van der Waals surface area contributed by atoms with Crippen molar-refractivity contribution in [3.8, 4) is 0 Å². The number of piperidine rings is 1. The van der Waals surface area contributed by atoms with Crippen molar-refractivity contribution < 1.29 is 9.59 Å². The van der Waals surface area contributed by atoms with Crippen LogP contribution in [0.5, 0.6) is 0 Å². The first-order valence-electron chi connectivity index (χ1n) is 6.52. The number of carbonyl (C=O) groups is 2. The molecule has 18 heavy (non-hydrogen) atoms. The number of hydrogen-bond donors (Lipinski definition) is 0. The first-order chi connectivity index (χ1) is 8.68. The topological polar surface area (TPSA) is 37.4 Å². The van der Waals surface area contributed by atoms with Crippen molar-refractivity contribution in [2.24, 2.45) is 0 Å². The van der Waals surface area contributed by atoms with Crippen molar-refractivity contribution in [2.45, 2.75) is 38.6 Å². The highest BCUT2D eigenvalue weighted by Crippen LogP contribution is 2.19. The van der Waals surface area contributed by atoms with Crippen LogP contribution in [0.4, 0.5) is 0 Å². The summed E-state index contributed by atoms with van der Waals surface area (Å²) in [5, 5.41) is 0. The number of carbonyl (C=O) groups excluding carboxylic acids is 2. The monoisotopic (exact) mass is 245 g/mol. The lowest BCUT2D eigenvalue weighted by Crippen LogP contribution is -2.47. The molecule has 1 aromatic rings. The van der Waals surface area contributed by atoms with Crippen LogP contribution in [0, 0.1) is 0 Å². The van der Waals surface area contributed by atoms with Crippen molar-refractivity contribution in [2.75, 3.05) is 6.54 Å². The standard InChI is InChI=1S/C15H19NO2/c1-12(17)14-9-5-6-10-16(14)15(18)11-13-7-3-2-4-8-13/h2-4,7-8,14H,5-6,9-11H2,1H3/t14-/m0/s1. The van der Waals surface area contributed by atoms with Gasteiger partial charge in [0.25, 0.3) is 0 Å². The van der Waals surface area contributed by atoms with Gasteiger partial charge in [-0.3, -0.25) is 9.59 Å². The van der Waals surface area contributed by atoms with Crippen molar-refractivity contribution >= 4 is 11.7 Å². The normalized spacial score (nSPS) is 19.6. The molecule has 1 fully saturated rings. The fourth-order valence-corrected chi connectivity index (χ4v) is 2.52. The third-order valence-corrected chi connectivity index (χ3v) is 3.49. The zero-order chi connectivity index (χ0) is 13.0. The molecule has 0 bridgehead atoms. The Labute approximate surface area is 108 Å². The highest BCUT2D eigenvalue weighted by molar-refractivity contribution is 5.88. The molecule has 0 N–H and O–H groups in total. The van der Waals surface area contributed by atoms with Crippen molar-refractivity contribution in [3.63, 3.8) is 0 Å². The van der Waals surface area contributed by atoms with E-state index < -0.39 is 0 Å². The molecule has 0 radical (unpaired) electrons. The Hall–Kier alpha value is -1.64. The Morgan fingerprint density at radius 3 is 2.61 bits per heavy atom. The predicted octanol–water partition coefficient (Wildman–Crippen LogP) is 2.20. The van der Waals surface area contributed by atoms with E-state index in [2.05, 4.69) is 0 Å². The van der Waals surface area contributed by atoms with E-state index in [-0.39, 0.29) is 17.7 Å². The number of rotatable bonds is 3. The molecule has 1 heterocycles. The van der Waals surface area contributed by atoms with E-state index in [1.165, 1.54) is 0 Å². The first kappa shape index (κ1) is 12.8. The molecule has 0 aliphatic carbocycles. The second kappa shape index (κ2) is 5.80. The first-order valence-corrected chi connectivity index (χ1v) is 6.52. The summed E-state index contributed by atoms with van der Waals surface area (Å²) in [6.45, 7) is 2.30. The molecule has 1 atom stereocenters. The maximum absolute atomic E-state index is 12.3. The smallest absolute Gasteiger partial charge is 0.227 e. The van der Waals surface area contributed by atoms with Crippen LogP contribution < -0.4 is 0 Å². The average Bonchev–Trinajstić information content (AvgIpc) is 2.40. The van der Waals surface area contributed by atoms with Gasteiger partial charge < -0.3 is 4.90 Å². The van der Waals surface area contributed by atoms with E-state index >= 15 is 0 Å². The number of ketones is 1. The van der Waals surface area contributed by atoms with Crippen molar-refractivity contribution in [3.05, 3.63) is 35.9 Å². The highest BCUT2D eigenvalue weighted by Gasteiger charge is 2.29. The van der Waals surface area contributed by atoms with Crippen LogP contribution in [0.1, 0.15) is 31.7 Å². The molecule has 0 spiro atoms. The molecule has 2 rings (SSSR count). The largest absolute Gasteiger partial charge is 0.332 e. The molecule has 1 saturated heterocycles. The zero-order valence-electron chi connectivity index (χ0n) is 10.8. The molecule has 3 heteroatoms. The van der Waals surface area contributed by atoms with Gasteiger partial charge in [-0.2, -0.15) is 0 Å². The Morgan fingerprint density at radius 1 is 1.22 bits per heavy atom. The predicted molar refractivity (Wildman–Crippen MR) is 70.2 cm³/mol. The summed E-state index contributed by atoms with van der Waals surface area (Å²) in [6, 6.07) is 9.50. The van der Waals surface area contributed by atoms with E-state index in [1.807, 2.05) is 30.3 Å². The van der Waals surface area contributed by atoms with Crippen LogP contribution >= 0.6 is 0 Å². The molecular weight excluding hydrogens is 226 g/mol. The molecule has 1 aromatic carbocycles. The van der Waals surface area contributed by atoms with Crippen LogP contribution in [-0.4, -0.2) is 29.2 Å². The molecule has 0 unspecified atom stereocenters. The number of likely N-dealkylation sites (tertiary alicyclic amines) is 1. The minimum absolute atomic E-state index is 0.0705. The van der Waals surface area contributed by atoms with Crippen LogP contribution in [-0.2, 0) is 16.0 Å². The molecule has 0 aromatic heterocycles. The Kier molecular flexibility index (Phi) is 4.13. The second-order valence-corrected chi connectivity index (χ2v) is 4.87. The summed E-state index contributed by atoms with van der Waals surface area (Å²) >= 11 is 0. The van der Waals surface area contributed by atoms with Crippen LogP contribution in [0.3, 0.4) is 0 Å². The molecule has 1 aliphatic heterocycles. The summed E-state index contributed by atoms with van der Waals surface area (Å²) in [5.41, 5.74) is 1.01. The summed E-state index contributed by atoms with van der Waals surface area (Å²) in [5.74, 6) is 0.178. The van der Waals surface area contributed by atoms with Gasteiger partial charge in [0.1, 0.15) is 0 Å². The molecule has 1 amide bonds. The van der Waals surface area contributed by atoms with E-state index in [0.29, 0.717) is 6.42 Å². The van der Waals surface area contributed by atoms with Gasteiger partial charge in [-0.25, -0.2) is 0 Å². The summed E-state index contributed by atoms with van der Waals surface area (Å²) in [6.07, 6.45) is 3.25. The lowest BCUT2D eigenvalue weighted by Gasteiger charge is -2.34. The van der Waals surface area contributed by atoms with Gasteiger partial charge in [-0.05, 0) is 31.7 Å². The van der Waals surface area contributed by atoms with E-state index in [4.69, 9.17) is 0 Å². The van der Waals surface area contributed by atoms with E-state index in [9.17, 15) is 9.59 Å². The van der Waals surface area contributed by atoms with Crippen molar-refractivity contribution in [1.29, 1.82) is 0 Å². The molecular formula is C15H19NO2. The number of benzene rings is 1. The van der Waals surface area contributed by atoms with Crippen LogP contribution in [0.15, 0.2) is 30.3 Å². The number of hydrogen-bond acceptors (Lipinski definition) is 2. The van der Waals surface area contributed by atoms with Crippen LogP contribution in [0.2, 0.25) is 0 Å². The maximum atomic E-state index is 12.3. The Balaban J connectivity index is 2.05. The molecule has 96 valence electrons. The van der Waals surface area contributed by atoms with Gasteiger partial charge in [0.05, 0.1) is 12.5 Å². The number of nitrogens with zero attached hydrogens (tertiary/aromatic N) is 1. The second-order valence-electron chi connectivity index (χ2n) is 4.87. The van der Waals surface area contributed by atoms with Gasteiger partial charge in [0.2, 0.25) is 5.91 Å². The van der Waals surface area contributed by atoms with Crippen LogP contribution in [0.25, 0.3) is 0 Å². The van der Waals surface area contributed by atoms with Gasteiger partial charge in [0, 0.05) is 6.54 Å². The van der Waals surface area contributed by atoms with Gasteiger partial charge in [-0.1, -0.05) is 30.3 Å². The fourth-order valence-electron chi connectivity index (χ4n) is 2.52. The minimum Gasteiger partial charge on any atom is -0.332 e. The minimum atomic E-state index is -0.199. The zero-order valence-corrected chi connectivity index (χ0v) is 10.8.